The van der Waals surface area contributed by atoms with Gasteiger partial charge in [0.15, 0.2) is 0 Å². The lowest BCUT2D eigenvalue weighted by Crippen LogP contribution is -2.33. The van der Waals surface area contributed by atoms with E-state index < -0.39 is 10.0 Å². The summed E-state index contributed by atoms with van der Waals surface area (Å²) in [7, 11) is -3.27. The smallest absolute Gasteiger partial charge is 0.233 e. The zero-order valence-electron chi connectivity index (χ0n) is 11.7. The number of benzene rings is 1. The van der Waals surface area contributed by atoms with Gasteiger partial charge in [0.05, 0.1) is 11.4 Å². The fourth-order valence-electron chi connectivity index (χ4n) is 2.52. The Kier molecular flexibility index (Phi) is 5.46. The second kappa shape index (κ2) is 6.91. The molecule has 20 heavy (non-hydrogen) atoms. The van der Waals surface area contributed by atoms with Crippen LogP contribution < -0.4 is 10.0 Å². The van der Waals surface area contributed by atoms with Gasteiger partial charge in [0.1, 0.15) is 0 Å². The van der Waals surface area contributed by atoms with Gasteiger partial charge in [-0.3, -0.25) is 4.72 Å². The molecule has 0 saturated carbocycles. The Bertz CT molecular complexity index is 554. The minimum absolute atomic E-state index is 0.216. The van der Waals surface area contributed by atoms with Gasteiger partial charge < -0.3 is 5.32 Å². The molecule has 4 nitrogen and oxygen atoms in total. The molecule has 0 bridgehead atoms. The number of hydrogen-bond donors (Lipinski definition) is 2. The maximum Gasteiger partial charge on any atom is 0.233 e. The van der Waals surface area contributed by atoms with Crippen LogP contribution in [0.5, 0.6) is 0 Å². The molecular formula is C14H21BrN2O2S. The average Bonchev–Trinajstić information content (AvgIpc) is 2.41. The van der Waals surface area contributed by atoms with Gasteiger partial charge in [-0.05, 0) is 62.0 Å². The number of hydrogen-bond acceptors (Lipinski definition) is 3. The molecule has 1 fully saturated rings. The van der Waals surface area contributed by atoms with Crippen LogP contribution in [0.4, 0.5) is 5.69 Å². The molecule has 1 aliphatic rings. The molecule has 2 rings (SSSR count). The predicted molar refractivity (Wildman–Crippen MR) is 86.5 cm³/mol. The molecule has 0 aliphatic carbocycles. The quantitative estimate of drug-likeness (QED) is 0.848. The number of anilines is 1. The number of halogens is 1. The largest absolute Gasteiger partial charge is 0.317 e. The van der Waals surface area contributed by atoms with E-state index in [0.29, 0.717) is 5.69 Å². The molecule has 112 valence electrons. The van der Waals surface area contributed by atoms with E-state index in [9.17, 15) is 8.42 Å². The number of nitrogens with one attached hydrogen (secondary N) is 2. The van der Waals surface area contributed by atoms with Gasteiger partial charge >= 0.3 is 0 Å². The molecule has 1 aromatic carbocycles. The Morgan fingerprint density at radius 3 is 2.70 bits per heavy atom. The number of aryl methyl sites for hydroxylation is 1. The minimum atomic E-state index is -3.27. The molecule has 1 saturated heterocycles. The molecule has 6 heteroatoms. The monoisotopic (exact) mass is 360 g/mol. The van der Waals surface area contributed by atoms with Gasteiger partial charge in [0.2, 0.25) is 10.0 Å². The summed E-state index contributed by atoms with van der Waals surface area (Å²) >= 11 is 3.41. The highest BCUT2D eigenvalue weighted by molar-refractivity contribution is 9.10. The molecule has 2 N–H and O–H groups in total. The summed E-state index contributed by atoms with van der Waals surface area (Å²) in [4.78, 5) is 0. The molecule has 1 aliphatic heterocycles. The van der Waals surface area contributed by atoms with E-state index in [0.717, 1.165) is 42.4 Å². The van der Waals surface area contributed by atoms with Crippen LogP contribution >= 0.6 is 15.9 Å². The first-order valence-electron chi connectivity index (χ1n) is 7.00. The van der Waals surface area contributed by atoms with E-state index in [2.05, 4.69) is 26.0 Å². The summed E-state index contributed by atoms with van der Waals surface area (Å²) in [5, 5.41) is 3.25. The van der Waals surface area contributed by atoms with Crippen molar-refractivity contribution in [3.63, 3.8) is 0 Å². The number of rotatable bonds is 5. The van der Waals surface area contributed by atoms with Crippen molar-refractivity contribution in [2.24, 2.45) is 5.92 Å². The second-order valence-corrected chi connectivity index (χ2v) is 7.91. The van der Waals surface area contributed by atoms with Crippen molar-refractivity contribution < 1.29 is 8.42 Å². The lowest BCUT2D eigenvalue weighted by molar-refractivity contribution is 0.402. The third kappa shape index (κ3) is 4.46. The van der Waals surface area contributed by atoms with E-state index in [1.807, 2.05) is 25.1 Å². The van der Waals surface area contributed by atoms with Crippen LogP contribution in [0.25, 0.3) is 0 Å². The van der Waals surface area contributed by atoms with Gasteiger partial charge in [-0.2, -0.15) is 0 Å². The summed E-state index contributed by atoms with van der Waals surface area (Å²) in [6, 6.07) is 5.65. The Hall–Kier alpha value is -0.590. The van der Waals surface area contributed by atoms with E-state index in [-0.39, 0.29) is 11.7 Å². The standard InChI is InChI=1S/C14H21BrN2O2S/c1-2-12-9-13(15)3-4-14(12)17-20(18,19)10-11-5-7-16-8-6-11/h3-4,9,11,16-17H,2,5-8,10H2,1H3. The van der Waals surface area contributed by atoms with Crippen molar-refractivity contribution in [2.45, 2.75) is 26.2 Å². The predicted octanol–water partition coefficient (Wildman–Crippen LogP) is 2.75. The summed E-state index contributed by atoms with van der Waals surface area (Å²) in [5.41, 5.74) is 1.71. The topological polar surface area (TPSA) is 58.2 Å². The Morgan fingerprint density at radius 2 is 2.05 bits per heavy atom. The normalized spacial score (nSPS) is 17.1. The fourth-order valence-corrected chi connectivity index (χ4v) is 4.50. The first kappa shape index (κ1) is 15.8. The van der Waals surface area contributed by atoms with Gasteiger partial charge in [-0.15, -0.1) is 0 Å². The summed E-state index contributed by atoms with van der Waals surface area (Å²) in [6.07, 6.45) is 2.66. The zero-order chi connectivity index (χ0) is 14.6. The molecule has 0 radical (unpaired) electrons. The Balaban J connectivity index is 2.07. The zero-order valence-corrected chi connectivity index (χ0v) is 14.1. The summed E-state index contributed by atoms with van der Waals surface area (Å²) in [5.74, 6) is 0.475. The van der Waals surface area contributed by atoms with Gasteiger partial charge in [0.25, 0.3) is 0 Å². The molecule has 0 aromatic heterocycles. The number of piperidine rings is 1. The highest BCUT2D eigenvalue weighted by atomic mass is 79.9. The van der Waals surface area contributed by atoms with E-state index in [4.69, 9.17) is 0 Å². The van der Waals surface area contributed by atoms with Crippen molar-refractivity contribution in [1.82, 2.24) is 5.32 Å². The van der Waals surface area contributed by atoms with Crippen molar-refractivity contribution >= 4 is 31.6 Å². The molecule has 1 heterocycles. The van der Waals surface area contributed by atoms with Crippen LogP contribution in [-0.4, -0.2) is 27.3 Å². The highest BCUT2D eigenvalue weighted by Gasteiger charge is 2.21. The van der Waals surface area contributed by atoms with Crippen LogP contribution in [0.3, 0.4) is 0 Å². The lowest BCUT2D eigenvalue weighted by Gasteiger charge is -2.23. The van der Waals surface area contributed by atoms with E-state index >= 15 is 0 Å². The van der Waals surface area contributed by atoms with Gasteiger partial charge in [0, 0.05) is 4.47 Å². The molecule has 0 atom stereocenters. The molecule has 0 spiro atoms. The van der Waals surface area contributed by atoms with Crippen molar-refractivity contribution in [3.8, 4) is 0 Å². The molecule has 0 amide bonds. The Labute approximate surface area is 129 Å². The maximum absolute atomic E-state index is 12.3. The van der Waals surface area contributed by atoms with Crippen molar-refractivity contribution in [2.75, 3.05) is 23.6 Å². The lowest BCUT2D eigenvalue weighted by atomic mass is 10.0. The fraction of sp³-hybridized carbons (Fsp3) is 0.571. The van der Waals surface area contributed by atoms with Crippen LogP contribution in [-0.2, 0) is 16.4 Å². The Morgan fingerprint density at radius 1 is 1.35 bits per heavy atom. The van der Waals surface area contributed by atoms with Gasteiger partial charge in [-0.25, -0.2) is 8.42 Å². The van der Waals surface area contributed by atoms with Crippen LogP contribution in [0.1, 0.15) is 25.3 Å². The van der Waals surface area contributed by atoms with Crippen molar-refractivity contribution in [1.29, 1.82) is 0 Å². The van der Waals surface area contributed by atoms with Crippen LogP contribution in [0, 0.1) is 5.92 Å². The molecular weight excluding hydrogens is 340 g/mol. The summed E-state index contributed by atoms with van der Waals surface area (Å²) in [6.45, 7) is 3.85. The first-order chi connectivity index (χ1) is 9.50. The van der Waals surface area contributed by atoms with Crippen LogP contribution in [0.15, 0.2) is 22.7 Å². The van der Waals surface area contributed by atoms with E-state index in [1.165, 1.54) is 0 Å². The molecule has 0 unspecified atom stereocenters. The van der Waals surface area contributed by atoms with E-state index in [1.54, 1.807) is 0 Å². The summed E-state index contributed by atoms with van der Waals surface area (Å²) < 4.78 is 28.3. The SMILES string of the molecule is CCc1cc(Br)ccc1NS(=O)(=O)CC1CCNCC1. The van der Waals surface area contributed by atoms with Crippen molar-refractivity contribution in [3.05, 3.63) is 28.2 Å². The minimum Gasteiger partial charge on any atom is -0.317 e. The van der Waals surface area contributed by atoms with Crippen LogP contribution in [0.2, 0.25) is 0 Å². The third-order valence-corrected chi connectivity index (χ3v) is 5.56. The van der Waals surface area contributed by atoms with Gasteiger partial charge in [-0.1, -0.05) is 22.9 Å². The third-order valence-electron chi connectivity index (χ3n) is 3.63. The first-order valence-corrected chi connectivity index (χ1v) is 9.44. The molecule has 1 aromatic rings. The highest BCUT2D eigenvalue weighted by Crippen LogP contribution is 2.23. The number of sulfonamides is 1. The average molecular weight is 361 g/mol. The second-order valence-electron chi connectivity index (χ2n) is 5.23. The maximum atomic E-state index is 12.3.